The zero-order chi connectivity index (χ0) is 12.2. The number of benzene rings is 2. The lowest BCUT2D eigenvalue weighted by molar-refractivity contribution is 1.55. The van der Waals surface area contributed by atoms with Gasteiger partial charge in [0.1, 0.15) is 0 Å². The highest BCUT2D eigenvalue weighted by Crippen LogP contribution is 2.26. The highest BCUT2D eigenvalue weighted by atomic mass is 32.1. The Balaban J connectivity index is 1.80. The van der Waals surface area contributed by atoms with Crippen LogP contribution in [0.15, 0.2) is 72.1 Å². The van der Waals surface area contributed by atoms with Crippen LogP contribution in [0.1, 0.15) is 0 Å². The van der Waals surface area contributed by atoms with Crippen LogP contribution in [-0.2, 0) is 0 Å². The second-order valence-electron chi connectivity index (χ2n) is 4.05. The number of anilines is 2. The Morgan fingerprint density at radius 3 is 2.06 bits per heavy atom. The van der Waals surface area contributed by atoms with Crippen LogP contribution in [0.5, 0.6) is 0 Å². The number of rotatable bonds is 3. The maximum Gasteiger partial charge on any atom is 0.0384 e. The Labute approximate surface area is 111 Å². The standard InChI is InChI=1S/C16H13NS/c1-2-5-14(6-3-1)17-15-10-8-13(9-11-15)16-7-4-12-18-16/h1-12,17H. The minimum absolute atomic E-state index is 1.11. The van der Waals surface area contributed by atoms with Gasteiger partial charge in [-0.25, -0.2) is 0 Å². The molecule has 0 amide bonds. The molecule has 0 saturated heterocycles. The fourth-order valence-corrected chi connectivity index (χ4v) is 2.58. The van der Waals surface area contributed by atoms with E-state index in [1.54, 1.807) is 11.3 Å². The Morgan fingerprint density at radius 2 is 1.39 bits per heavy atom. The Hall–Kier alpha value is -2.06. The first-order valence-corrected chi connectivity index (χ1v) is 6.76. The van der Waals surface area contributed by atoms with Gasteiger partial charge < -0.3 is 5.32 Å². The van der Waals surface area contributed by atoms with E-state index in [1.165, 1.54) is 10.4 Å². The molecule has 88 valence electrons. The molecular formula is C16H13NS. The largest absolute Gasteiger partial charge is 0.356 e. The summed E-state index contributed by atoms with van der Waals surface area (Å²) in [5.41, 5.74) is 3.49. The van der Waals surface area contributed by atoms with Crippen molar-refractivity contribution in [3.8, 4) is 10.4 Å². The van der Waals surface area contributed by atoms with Gasteiger partial charge >= 0.3 is 0 Å². The quantitative estimate of drug-likeness (QED) is 0.678. The molecule has 3 aromatic rings. The van der Waals surface area contributed by atoms with Gasteiger partial charge in [0.2, 0.25) is 0 Å². The first kappa shape index (κ1) is 11.1. The molecule has 2 heteroatoms. The summed E-state index contributed by atoms with van der Waals surface area (Å²) in [6.45, 7) is 0. The molecule has 3 rings (SSSR count). The smallest absolute Gasteiger partial charge is 0.0384 e. The van der Waals surface area contributed by atoms with Crippen molar-refractivity contribution in [1.82, 2.24) is 0 Å². The second kappa shape index (κ2) is 5.07. The molecule has 0 bridgehead atoms. The third kappa shape index (κ3) is 2.44. The topological polar surface area (TPSA) is 12.0 Å². The summed E-state index contributed by atoms with van der Waals surface area (Å²) in [6.07, 6.45) is 0. The van der Waals surface area contributed by atoms with Gasteiger partial charge in [-0.1, -0.05) is 36.4 Å². The van der Waals surface area contributed by atoms with Crippen LogP contribution in [0.4, 0.5) is 11.4 Å². The van der Waals surface area contributed by atoms with Gasteiger partial charge in [0.25, 0.3) is 0 Å². The van der Waals surface area contributed by atoms with Gasteiger partial charge in [0.15, 0.2) is 0 Å². The SMILES string of the molecule is c1ccc(Nc2ccc(-c3cccs3)cc2)cc1. The van der Waals surface area contributed by atoms with Gasteiger partial charge in [0, 0.05) is 16.3 Å². The van der Waals surface area contributed by atoms with E-state index in [0.717, 1.165) is 11.4 Å². The summed E-state index contributed by atoms with van der Waals surface area (Å²) in [4.78, 5) is 1.31. The highest BCUT2D eigenvalue weighted by molar-refractivity contribution is 7.13. The minimum atomic E-state index is 1.11. The maximum absolute atomic E-state index is 3.38. The van der Waals surface area contributed by atoms with Crippen molar-refractivity contribution < 1.29 is 0 Å². The number of para-hydroxylation sites is 1. The Kier molecular flexibility index (Phi) is 3.11. The van der Waals surface area contributed by atoms with Crippen LogP contribution < -0.4 is 5.32 Å². The van der Waals surface area contributed by atoms with Crippen LogP contribution in [0.2, 0.25) is 0 Å². The average Bonchev–Trinajstić information content (AvgIpc) is 2.95. The van der Waals surface area contributed by atoms with Crippen LogP contribution in [0.3, 0.4) is 0 Å². The molecule has 2 aromatic carbocycles. The molecular weight excluding hydrogens is 238 g/mol. The van der Waals surface area contributed by atoms with Gasteiger partial charge in [-0.2, -0.15) is 0 Å². The van der Waals surface area contributed by atoms with Crippen LogP contribution >= 0.6 is 11.3 Å². The van der Waals surface area contributed by atoms with Crippen molar-refractivity contribution in [2.45, 2.75) is 0 Å². The predicted octanol–water partition coefficient (Wildman–Crippen LogP) is 5.16. The summed E-state index contributed by atoms with van der Waals surface area (Å²) >= 11 is 1.77. The summed E-state index contributed by atoms with van der Waals surface area (Å²) in [6, 6.07) is 23.0. The van der Waals surface area contributed by atoms with Crippen molar-refractivity contribution in [3.63, 3.8) is 0 Å². The molecule has 0 radical (unpaired) electrons. The van der Waals surface area contributed by atoms with E-state index in [1.807, 2.05) is 18.2 Å². The first-order valence-electron chi connectivity index (χ1n) is 5.88. The molecule has 18 heavy (non-hydrogen) atoms. The van der Waals surface area contributed by atoms with E-state index in [0.29, 0.717) is 0 Å². The summed E-state index contributed by atoms with van der Waals surface area (Å²) in [5, 5.41) is 5.48. The Morgan fingerprint density at radius 1 is 0.667 bits per heavy atom. The molecule has 0 aliphatic carbocycles. The van der Waals surface area contributed by atoms with Crippen LogP contribution in [0.25, 0.3) is 10.4 Å². The highest BCUT2D eigenvalue weighted by Gasteiger charge is 1.98. The number of nitrogens with one attached hydrogen (secondary N) is 1. The molecule has 0 aliphatic rings. The summed E-state index contributed by atoms with van der Waals surface area (Å²) in [7, 11) is 0. The summed E-state index contributed by atoms with van der Waals surface area (Å²) in [5.74, 6) is 0. The van der Waals surface area contributed by atoms with E-state index in [4.69, 9.17) is 0 Å². The normalized spacial score (nSPS) is 10.2. The second-order valence-corrected chi connectivity index (χ2v) is 4.99. The number of hydrogen-bond acceptors (Lipinski definition) is 2. The van der Waals surface area contributed by atoms with Crippen molar-refractivity contribution in [2.24, 2.45) is 0 Å². The van der Waals surface area contributed by atoms with E-state index in [2.05, 4.69) is 59.2 Å². The molecule has 1 nitrogen and oxygen atoms in total. The first-order chi connectivity index (χ1) is 8.92. The molecule has 0 spiro atoms. The van der Waals surface area contributed by atoms with Gasteiger partial charge in [-0.3, -0.25) is 0 Å². The van der Waals surface area contributed by atoms with Crippen LogP contribution in [-0.4, -0.2) is 0 Å². The average molecular weight is 251 g/mol. The van der Waals surface area contributed by atoms with Crippen molar-refractivity contribution in [2.75, 3.05) is 5.32 Å². The van der Waals surface area contributed by atoms with Crippen LogP contribution in [0, 0.1) is 0 Å². The van der Waals surface area contributed by atoms with E-state index in [-0.39, 0.29) is 0 Å². The lowest BCUT2D eigenvalue weighted by atomic mass is 10.1. The zero-order valence-corrected chi connectivity index (χ0v) is 10.7. The van der Waals surface area contributed by atoms with Gasteiger partial charge in [-0.15, -0.1) is 11.3 Å². The third-order valence-corrected chi connectivity index (χ3v) is 3.67. The molecule has 0 fully saturated rings. The molecule has 1 heterocycles. The molecule has 0 unspecified atom stereocenters. The summed E-state index contributed by atoms with van der Waals surface area (Å²) < 4.78 is 0. The number of thiophene rings is 1. The Bertz CT molecular complexity index is 597. The fraction of sp³-hybridized carbons (Fsp3) is 0. The monoisotopic (exact) mass is 251 g/mol. The zero-order valence-electron chi connectivity index (χ0n) is 9.84. The van der Waals surface area contributed by atoms with E-state index in [9.17, 15) is 0 Å². The number of hydrogen-bond donors (Lipinski definition) is 1. The van der Waals surface area contributed by atoms with Gasteiger partial charge in [-0.05, 0) is 41.3 Å². The minimum Gasteiger partial charge on any atom is -0.356 e. The van der Waals surface area contributed by atoms with Crippen molar-refractivity contribution in [1.29, 1.82) is 0 Å². The maximum atomic E-state index is 3.38. The molecule has 0 atom stereocenters. The molecule has 1 aromatic heterocycles. The van der Waals surface area contributed by atoms with Gasteiger partial charge in [0.05, 0.1) is 0 Å². The fourth-order valence-electron chi connectivity index (χ4n) is 1.85. The molecule has 1 N–H and O–H groups in total. The molecule has 0 aliphatic heterocycles. The van der Waals surface area contributed by atoms with Crippen molar-refractivity contribution >= 4 is 22.7 Å². The lowest BCUT2D eigenvalue weighted by Crippen LogP contribution is -1.88. The lowest BCUT2D eigenvalue weighted by Gasteiger charge is -2.06. The third-order valence-electron chi connectivity index (χ3n) is 2.75. The van der Waals surface area contributed by atoms with E-state index < -0.39 is 0 Å². The predicted molar refractivity (Wildman–Crippen MR) is 79.5 cm³/mol. The van der Waals surface area contributed by atoms with E-state index >= 15 is 0 Å². The van der Waals surface area contributed by atoms with Crippen molar-refractivity contribution in [3.05, 3.63) is 72.1 Å². The molecule has 0 saturated carbocycles.